The molecule has 2 aromatic carbocycles. The highest BCUT2D eigenvalue weighted by Gasteiger charge is 2.20. The third kappa shape index (κ3) is 12.6. The lowest BCUT2D eigenvalue weighted by atomic mass is 10.0. The normalized spacial score (nSPS) is 10.5. The Hall–Kier alpha value is -7.69. The SMILES string of the molecule is C=CC(=O)OCCOC(=O)C(C#N)=Cc1ccc(N(CC)COC(=O)N(CC)c2ccc(C=C(C#N)C(=O)OCCOC(=O)C=C)c(C#N)c2)cc1C#N. The predicted octanol–water partition coefficient (Wildman–Crippen LogP) is 4.24. The van der Waals surface area contributed by atoms with E-state index in [-0.39, 0.29) is 67.6 Å². The van der Waals surface area contributed by atoms with Gasteiger partial charge in [-0.15, -0.1) is 0 Å². The van der Waals surface area contributed by atoms with Gasteiger partial charge in [0.2, 0.25) is 0 Å². The number of ether oxygens (including phenoxy) is 5. The Morgan fingerprint density at radius 1 is 0.648 bits per heavy atom. The molecule has 54 heavy (non-hydrogen) atoms. The molecule has 0 N–H and O–H groups in total. The van der Waals surface area contributed by atoms with Crippen molar-refractivity contribution in [2.24, 2.45) is 0 Å². The van der Waals surface area contributed by atoms with E-state index in [1.165, 1.54) is 41.3 Å². The van der Waals surface area contributed by atoms with E-state index in [0.717, 1.165) is 18.2 Å². The molecule has 16 heteroatoms. The van der Waals surface area contributed by atoms with E-state index in [2.05, 4.69) is 13.2 Å². The zero-order valence-corrected chi connectivity index (χ0v) is 29.4. The lowest BCUT2D eigenvalue weighted by molar-refractivity contribution is -0.146. The van der Waals surface area contributed by atoms with Gasteiger partial charge in [-0.2, -0.15) is 21.0 Å². The average molecular weight is 735 g/mol. The second-order valence-corrected chi connectivity index (χ2v) is 10.3. The van der Waals surface area contributed by atoms with Gasteiger partial charge in [0.15, 0.2) is 6.73 Å². The van der Waals surface area contributed by atoms with E-state index in [1.807, 2.05) is 12.1 Å². The topological polar surface area (TPSA) is 233 Å². The molecule has 0 spiro atoms. The molecule has 1 amide bonds. The summed E-state index contributed by atoms with van der Waals surface area (Å²) in [5.74, 6) is -3.39. The van der Waals surface area contributed by atoms with Crippen molar-refractivity contribution in [1.29, 1.82) is 21.0 Å². The fourth-order valence-electron chi connectivity index (χ4n) is 4.29. The van der Waals surface area contributed by atoms with Gasteiger partial charge in [0, 0.05) is 36.6 Å². The quantitative estimate of drug-likeness (QED) is 0.0520. The maximum absolute atomic E-state index is 13.2. The standard InChI is InChI=1S/C38H34N6O10/c1-5-34(45)50-13-15-52-36(47)30(23-41)17-26-9-11-32(19-28(26)21-39)43(7-3)25-54-38(49)44(8-4)33-12-10-27(29(20-33)22-40)18-31(24-42)37(48)53-16-14-51-35(46)6-2/h5-6,9-12,17-20H,1-2,7-8,13-16,25H2,3-4H3. The van der Waals surface area contributed by atoms with Crippen LogP contribution in [0.4, 0.5) is 16.2 Å². The molecule has 0 radical (unpaired) electrons. The molecule has 0 bridgehead atoms. The summed E-state index contributed by atoms with van der Waals surface area (Å²) in [6.07, 6.45) is 3.47. The lowest BCUT2D eigenvalue weighted by Gasteiger charge is -2.26. The maximum Gasteiger partial charge on any atom is 0.416 e. The van der Waals surface area contributed by atoms with E-state index in [1.54, 1.807) is 37.0 Å². The number of carbonyl (C=O) groups excluding carboxylic acids is 5. The first-order chi connectivity index (χ1) is 26.0. The number of hydrogen-bond acceptors (Lipinski definition) is 15. The van der Waals surface area contributed by atoms with Gasteiger partial charge >= 0.3 is 30.0 Å². The molecule has 0 aliphatic rings. The van der Waals surface area contributed by atoms with Crippen LogP contribution in [0.3, 0.4) is 0 Å². The third-order valence-electron chi connectivity index (χ3n) is 6.99. The van der Waals surface area contributed by atoms with Crippen LogP contribution in [0.1, 0.15) is 36.1 Å². The number of benzene rings is 2. The molecule has 276 valence electrons. The van der Waals surface area contributed by atoms with Crippen LogP contribution in [0.2, 0.25) is 0 Å². The van der Waals surface area contributed by atoms with E-state index in [9.17, 15) is 45.0 Å². The smallest absolute Gasteiger partial charge is 0.416 e. The van der Waals surface area contributed by atoms with Crippen LogP contribution < -0.4 is 9.80 Å². The van der Waals surface area contributed by atoms with Gasteiger partial charge in [-0.1, -0.05) is 25.3 Å². The molecule has 0 unspecified atom stereocenters. The summed E-state index contributed by atoms with van der Waals surface area (Å²) < 4.78 is 24.9. The summed E-state index contributed by atoms with van der Waals surface area (Å²) >= 11 is 0. The van der Waals surface area contributed by atoms with Crippen molar-refractivity contribution in [1.82, 2.24) is 0 Å². The second kappa shape index (κ2) is 22.2. The summed E-state index contributed by atoms with van der Waals surface area (Å²) in [7, 11) is 0. The second-order valence-electron chi connectivity index (χ2n) is 10.3. The minimum atomic E-state index is -0.999. The zero-order valence-electron chi connectivity index (χ0n) is 29.4. The molecule has 0 fully saturated rings. The predicted molar refractivity (Wildman–Crippen MR) is 191 cm³/mol. The first-order valence-electron chi connectivity index (χ1n) is 15.9. The Balaban J connectivity index is 2.18. The molecule has 2 rings (SSSR count). The van der Waals surface area contributed by atoms with Crippen LogP contribution in [0.25, 0.3) is 12.2 Å². The highest BCUT2D eigenvalue weighted by Crippen LogP contribution is 2.24. The largest absolute Gasteiger partial charge is 0.459 e. The Morgan fingerprint density at radius 3 is 1.50 bits per heavy atom. The van der Waals surface area contributed by atoms with Crippen LogP contribution in [0.15, 0.2) is 72.9 Å². The van der Waals surface area contributed by atoms with Gasteiger partial charge in [-0.3, -0.25) is 4.90 Å². The summed E-state index contributed by atoms with van der Waals surface area (Å²) in [6.45, 7) is 9.10. The molecule has 16 nitrogen and oxygen atoms in total. The van der Waals surface area contributed by atoms with E-state index in [4.69, 9.17) is 23.7 Å². The van der Waals surface area contributed by atoms with Crippen LogP contribution in [-0.2, 0) is 42.9 Å². The summed E-state index contributed by atoms with van der Waals surface area (Å²) in [5.41, 5.74) is 0.547. The maximum atomic E-state index is 13.2. The van der Waals surface area contributed by atoms with Gasteiger partial charge in [0.25, 0.3) is 0 Å². The first-order valence-corrected chi connectivity index (χ1v) is 15.9. The Kier molecular flexibility index (Phi) is 17.5. The van der Waals surface area contributed by atoms with Crippen molar-refractivity contribution >= 4 is 53.5 Å². The Bertz CT molecular complexity index is 2010. The highest BCUT2D eigenvalue weighted by molar-refractivity contribution is 5.99. The van der Waals surface area contributed by atoms with E-state index in [0.29, 0.717) is 12.2 Å². The van der Waals surface area contributed by atoms with Crippen LogP contribution in [0, 0.1) is 45.3 Å². The summed E-state index contributed by atoms with van der Waals surface area (Å²) in [6, 6.07) is 16.3. The fraction of sp³-hybridized carbons (Fsp3) is 0.237. The molecular formula is C38H34N6O10. The molecular weight excluding hydrogens is 700 g/mol. The number of hydrogen-bond donors (Lipinski definition) is 0. The molecule has 0 aliphatic heterocycles. The molecule has 0 saturated carbocycles. The fourth-order valence-corrected chi connectivity index (χ4v) is 4.29. The third-order valence-corrected chi connectivity index (χ3v) is 6.99. The minimum Gasteiger partial charge on any atom is -0.459 e. The number of esters is 4. The van der Waals surface area contributed by atoms with Crippen molar-refractivity contribution in [3.05, 3.63) is 95.1 Å². The summed E-state index contributed by atoms with van der Waals surface area (Å²) in [5, 5.41) is 38.6. The van der Waals surface area contributed by atoms with Gasteiger partial charge in [-0.25, -0.2) is 24.0 Å². The summed E-state index contributed by atoms with van der Waals surface area (Å²) in [4.78, 5) is 63.1. The molecule has 0 heterocycles. The zero-order chi connectivity index (χ0) is 40.0. The van der Waals surface area contributed by atoms with E-state index < -0.39 is 41.1 Å². The number of amides is 1. The van der Waals surface area contributed by atoms with Crippen molar-refractivity contribution < 1.29 is 47.7 Å². The molecule has 0 aliphatic carbocycles. The number of rotatable bonds is 18. The van der Waals surface area contributed by atoms with Crippen molar-refractivity contribution in [3.63, 3.8) is 0 Å². The highest BCUT2D eigenvalue weighted by atomic mass is 16.6. The van der Waals surface area contributed by atoms with Gasteiger partial charge in [0.05, 0.1) is 23.3 Å². The monoisotopic (exact) mass is 734 g/mol. The van der Waals surface area contributed by atoms with Crippen molar-refractivity contribution in [2.45, 2.75) is 13.8 Å². The van der Waals surface area contributed by atoms with Crippen LogP contribution in [0.5, 0.6) is 0 Å². The number of carbonyl (C=O) groups is 5. The molecule has 0 aromatic heterocycles. The van der Waals surface area contributed by atoms with Crippen LogP contribution >= 0.6 is 0 Å². The minimum absolute atomic E-state index is 0.0365. The van der Waals surface area contributed by atoms with Crippen LogP contribution in [-0.4, -0.2) is 76.2 Å². The number of nitrogens with zero attached hydrogens (tertiary/aromatic N) is 6. The Morgan fingerprint density at radius 2 is 1.09 bits per heavy atom. The first kappa shape index (κ1) is 42.5. The van der Waals surface area contributed by atoms with Crippen molar-refractivity contribution in [3.8, 4) is 24.3 Å². The lowest BCUT2D eigenvalue weighted by Crippen LogP contribution is -2.35. The number of nitriles is 4. The van der Waals surface area contributed by atoms with Gasteiger partial charge in [-0.05, 0) is 61.4 Å². The van der Waals surface area contributed by atoms with Gasteiger partial charge in [0.1, 0.15) is 49.7 Å². The molecule has 0 atom stereocenters. The van der Waals surface area contributed by atoms with E-state index >= 15 is 0 Å². The molecule has 0 saturated heterocycles. The van der Waals surface area contributed by atoms with Gasteiger partial charge < -0.3 is 28.6 Å². The van der Waals surface area contributed by atoms with Crippen molar-refractivity contribution in [2.75, 3.05) is 56.0 Å². The number of anilines is 2. The average Bonchev–Trinajstić information content (AvgIpc) is 3.19. The Labute approximate surface area is 311 Å². The molecule has 2 aromatic rings.